The summed E-state index contributed by atoms with van der Waals surface area (Å²) in [6.45, 7) is 5.80. The van der Waals surface area contributed by atoms with Crippen LogP contribution in [0, 0.1) is 12.8 Å². The van der Waals surface area contributed by atoms with E-state index in [1.807, 2.05) is 81.4 Å². The normalized spacial score (nSPS) is 11.9. The van der Waals surface area contributed by atoms with Gasteiger partial charge in [-0.05, 0) is 49.3 Å². The molecule has 1 atom stereocenters. The van der Waals surface area contributed by atoms with Gasteiger partial charge in [0.05, 0.1) is 10.9 Å². The Bertz CT molecular complexity index is 1400. The highest BCUT2D eigenvalue weighted by atomic mass is 32.1. The molecule has 0 saturated carbocycles. The van der Waals surface area contributed by atoms with E-state index >= 15 is 0 Å². The van der Waals surface area contributed by atoms with Gasteiger partial charge in [0.25, 0.3) is 5.56 Å². The van der Waals surface area contributed by atoms with Crippen molar-refractivity contribution in [2.24, 2.45) is 5.92 Å². The van der Waals surface area contributed by atoms with Crippen molar-refractivity contribution < 1.29 is 4.79 Å². The van der Waals surface area contributed by atoms with E-state index in [4.69, 9.17) is 17.2 Å². The molecule has 3 aromatic carbocycles. The maximum atomic E-state index is 13.7. The molecular weight excluding hydrogens is 444 g/mol. The fraction of sp³-hybridized carbons (Fsp3) is 0.185. The molecule has 0 spiro atoms. The lowest BCUT2D eigenvalue weighted by atomic mass is 10.0. The smallest absolute Gasteiger partial charge is 0.262 e. The Morgan fingerprint density at radius 1 is 0.941 bits per heavy atom. The zero-order chi connectivity index (χ0) is 24.2. The number of amides is 1. The van der Waals surface area contributed by atoms with E-state index in [9.17, 15) is 9.59 Å². The largest absolute Gasteiger partial charge is 0.332 e. The number of rotatable bonds is 5. The van der Waals surface area contributed by atoms with Gasteiger partial charge in [0.1, 0.15) is 11.9 Å². The molecular formula is C27H26N4O2S. The first kappa shape index (κ1) is 23.3. The van der Waals surface area contributed by atoms with Gasteiger partial charge >= 0.3 is 0 Å². The lowest BCUT2D eigenvalue weighted by Gasteiger charge is -2.26. The Morgan fingerprint density at radius 2 is 1.59 bits per heavy atom. The van der Waals surface area contributed by atoms with E-state index in [2.05, 4.69) is 10.6 Å². The van der Waals surface area contributed by atoms with Crippen molar-refractivity contribution in [2.45, 2.75) is 26.8 Å². The van der Waals surface area contributed by atoms with E-state index < -0.39 is 6.04 Å². The number of nitrogens with zero attached hydrogens (tertiary/aromatic N) is 2. The number of aromatic nitrogens is 2. The highest BCUT2D eigenvalue weighted by molar-refractivity contribution is 7.80. The number of carbonyl (C=O) groups is 1. The van der Waals surface area contributed by atoms with Crippen molar-refractivity contribution in [3.8, 4) is 11.4 Å². The number of aryl methyl sites for hydroxylation is 1. The molecule has 0 radical (unpaired) electrons. The lowest BCUT2D eigenvalue weighted by Crippen LogP contribution is -2.44. The highest BCUT2D eigenvalue weighted by Gasteiger charge is 2.29. The minimum absolute atomic E-state index is 0.169. The van der Waals surface area contributed by atoms with Crippen LogP contribution in [0.25, 0.3) is 22.3 Å². The summed E-state index contributed by atoms with van der Waals surface area (Å²) >= 11 is 5.39. The van der Waals surface area contributed by atoms with E-state index in [-0.39, 0.29) is 22.5 Å². The summed E-state index contributed by atoms with van der Waals surface area (Å²) in [6, 6.07) is 23.5. The Morgan fingerprint density at radius 3 is 2.26 bits per heavy atom. The van der Waals surface area contributed by atoms with Gasteiger partial charge < -0.3 is 10.6 Å². The Hall–Kier alpha value is -3.84. The number of anilines is 1. The Kier molecular flexibility index (Phi) is 6.84. The maximum Gasteiger partial charge on any atom is 0.262 e. The molecule has 6 nitrogen and oxygen atoms in total. The Balaban J connectivity index is 1.75. The third-order valence-corrected chi connectivity index (χ3v) is 5.77. The topological polar surface area (TPSA) is 76.0 Å². The van der Waals surface area contributed by atoms with Crippen LogP contribution in [0.5, 0.6) is 0 Å². The molecule has 7 heteroatoms. The number of thiocarbonyl (C=S) groups is 1. The molecule has 1 amide bonds. The summed E-state index contributed by atoms with van der Waals surface area (Å²) < 4.78 is 1.49. The highest BCUT2D eigenvalue weighted by Crippen LogP contribution is 2.26. The van der Waals surface area contributed by atoms with Crippen LogP contribution in [0.2, 0.25) is 0 Å². The van der Waals surface area contributed by atoms with Crippen molar-refractivity contribution in [2.75, 3.05) is 5.32 Å². The molecule has 0 unspecified atom stereocenters. The van der Waals surface area contributed by atoms with Crippen LogP contribution in [-0.2, 0) is 4.79 Å². The van der Waals surface area contributed by atoms with Crippen molar-refractivity contribution in [3.05, 3.63) is 94.8 Å². The van der Waals surface area contributed by atoms with Crippen molar-refractivity contribution in [3.63, 3.8) is 0 Å². The molecule has 0 aliphatic rings. The molecule has 0 aliphatic heterocycles. The lowest BCUT2D eigenvalue weighted by molar-refractivity contribution is -0.124. The molecule has 34 heavy (non-hydrogen) atoms. The number of para-hydroxylation sites is 1. The van der Waals surface area contributed by atoms with E-state index in [1.165, 1.54) is 4.57 Å². The van der Waals surface area contributed by atoms with Gasteiger partial charge in [0.15, 0.2) is 5.11 Å². The molecule has 0 bridgehead atoms. The van der Waals surface area contributed by atoms with Gasteiger partial charge in [-0.2, -0.15) is 0 Å². The SMILES string of the molecule is Cc1ccc(NC(=S)NC(=O)[C@@H](C(C)C)n2c(-c3ccccc3)nc3ccccc3c2=O)cc1. The molecule has 0 saturated heterocycles. The first-order chi connectivity index (χ1) is 16.3. The van der Waals surface area contributed by atoms with Gasteiger partial charge in [0.2, 0.25) is 5.91 Å². The van der Waals surface area contributed by atoms with Gasteiger partial charge in [-0.1, -0.05) is 74.0 Å². The summed E-state index contributed by atoms with van der Waals surface area (Å²) in [5.74, 6) is -0.142. The van der Waals surface area contributed by atoms with Gasteiger partial charge in [-0.3, -0.25) is 14.2 Å². The molecule has 2 N–H and O–H groups in total. The van der Waals surface area contributed by atoms with Crippen molar-refractivity contribution >= 4 is 39.8 Å². The number of hydrogen-bond donors (Lipinski definition) is 2. The first-order valence-electron chi connectivity index (χ1n) is 11.1. The van der Waals surface area contributed by atoms with Crippen LogP contribution in [0.15, 0.2) is 83.7 Å². The monoisotopic (exact) mass is 470 g/mol. The van der Waals surface area contributed by atoms with Crippen LogP contribution >= 0.6 is 12.2 Å². The van der Waals surface area contributed by atoms with Crippen molar-refractivity contribution in [1.82, 2.24) is 14.9 Å². The van der Waals surface area contributed by atoms with E-state index in [0.717, 1.165) is 16.8 Å². The Labute approximate surface area is 203 Å². The van der Waals surface area contributed by atoms with Gasteiger partial charge in [-0.15, -0.1) is 0 Å². The molecule has 4 aromatic rings. The molecule has 1 heterocycles. The predicted molar refractivity (Wildman–Crippen MR) is 141 cm³/mol. The second-order valence-corrected chi connectivity index (χ2v) is 8.90. The summed E-state index contributed by atoms with van der Waals surface area (Å²) in [6.07, 6.45) is 0. The number of benzene rings is 3. The van der Waals surface area contributed by atoms with Gasteiger partial charge in [-0.25, -0.2) is 4.98 Å². The van der Waals surface area contributed by atoms with E-state index in [1.54, 1.807) is 18.2 Å². The fourth-order valence-electron chi connectivity index (χ4n) is 3.90. The number of fused-ring (bicyclic) bond motifs is 1. The van der Waals surface area contributed by atoms with Crippen molar-refractivity contribution in [1.29, 1.82) is 0 Å². The number of hydrogen-bond acceptors (Lipinski definition) is 4. The maximum absolute atomic E-state index is 13.7. The zero-order valence-electron chi connectivity index (χ0n) is 19.3. The fourth-order valence-corrected chi connectivity index (χ4v) is 4.12. The summed E-state index contributed by atoms with van der Waals surface area (Å²) in [5.41, 5.74) is 2.96. The second-order valence-electron chi connectivity index (χ2n) is 8.49. The quantitative estimate of drug-likeness (QED) is 0.398. The number of nitrogens with one attached hydrogen (secondary N) is 2. The molecule has 172 valence electrons. The minimum atomic E-state index is -0.822. The van der Waals surface area contributed by atoms with Crippen LogP contribution in [0.1, 0.15) is 25.5 Å². The molecule has 1 aromatic heterocycles. The molecule has 0 aliphatic carbocycles. The summed E-state index contributed by atoms with van der Waals surface area (Å²) in [7, 11) is 0. The third kappa shape index (κ3) is 4.89. The van der Waals surface area contributed by atoms with Crippen LogP contribution in [0.4, 0.5) is 5.69 Å². The van der Waals surface area contributed by atoms with Crippen LogP contribution < -0.4 is 16.2 Å². The van der Waals surface area contributed by atoms with Crippen LogP contribution in [-0.4, -0.2) is 20.6 Å². The number of carbonyl (C=O) groups excluding carboxylic acids is 1. The molecule has 4 rings (SSSR count). The average molecular weight is 471 g/mol. The second kappa shape index (κ2) is 9.97. The van der Waals surface area contributed by atoms with Gasteiger partial charge in [0, 0.05) is 11.3 Å². The zero-order valence-corrected chi connectivity index (χ0v) is 20.1. The summed E-state index contributed by atoms with van der Waals surface area (Å²) in [4.78, 5) is 31.9. The standard InChI is InChI=1S/C27H26N4O2S/c1-17(2)23(25(32)30-27(34)28-20-15-13-18(3)14-16-20)31-24(19-9-5-4-6-10-19)29-22-12-8-7-11-21(22)26(31)33/h4-17,23H,1-3H3,(H2,28,30,32,34)/t23-/m1/s1. The third-order valence-electron chi connectivity index (χ3n) is 5.56. The van der Waals surface area contributed by atoms with Crippen LogP contribution in [0.3, 0.4) is 0 Å². The first-order valence-corrected chi connectivity index (χ1v) is 11.5. The summed E-state index contributed by atoms with van der Waals surface area (Å²) in [5, 5.41) is 6.43. The average Bonchev–Trinajstić information content (AvgIpc) is 2.82. The predicted octanol–water partition coefficient (Wildman–Crippen LogP) is 5.08. The van der Waals surface area contributed by atoms with E-state index in [0.29, 0.717) is 16.7 Å². The minimum Gasteiger partial charge on any atom is -0.332 e. The molecule has 0 fully saturated rings.